The first-order valence-electron chi connectivity index (χ1n) is 7.02. The lowest BCUT2D eigenvalue weighted by atomic mass is 10.4. The molecule has 0 spiro atoms. The summed E-state index contributed by atoms with van der Waals surface area (Å²) in [5.74, 6) is -1.23. The molecule has 0 saturated heterocycles. The van der Waals surface area contributed by atoms with E-state index in [1.165, 1.54) is 31.2 Å². The first kappa shape index (κ1) is 17.7. The van der Waals surface area contributed by atoms with Gasteiger partial charge in [0, 0.05) is 11.1 Å². The minimum absolute atomic E-state index is 0.0591. The Kier molecular flexibility index (Phi) is 5.61. The zero-order chi connectivity index (χ0) is 17.0. The van der Waals surface area contributed by atoms with Gasteiger partial charge in [0.1, 0.15) is 6.04 Å². The van der Waals surface area contributed by atoms with Crippen molar-refractivity contribution >= 4 is 33.5 Å². The van der Waals surface area contributed by atoms with E-state index < -0.39 is 34.5 Å². The van der Waals surface area contributed by atoms with Crippen LogP contribution in [0.1, 0.15) is 19.8 Å². The molecular weight excluding hydrogens is 344 g/mol. The number of sulfonamides is 1. The fraction of sp³-hybridized carbons (Fsp3) is 0.429. The first-order valence-corrected chi connectivity index (χ1v) is 8.88. The van der Waals surface area contributed by atoms with Crippen molar-refractivity contribution in [2.45, 2.75) is 36.7 Å². The van der Waals surface area contributed by atoms with Crippen LogP contribution in [-0.4, -0.2) is 39.0 Å². The number of carbonyl (C=O) groups excluding carboxylic acids is 2. The van der Waals surface area contributed by atoms with Gasteiger partial charge in [-0.25, -0.2) is 8.42 Å². The Bertz CT molecular complexity index is 703. The molecule has 1 aromatic carbocycles. The monoisotopic (exact) mass is 360 g/mol. The van der Waals surface area contributed by atoms with Gasteiger partial charge < -0.3 is 10.1 Å². The Balaban J connectivity index is 1.87. The molecule has 2 N–H and O–H groups in total. The molecule has 0 aliphatic heterocycles. The van der Waals surface area contributed by atoms with Gasteiger partial charge in [-0.1, -0.05) is 17.7 Å². The second-order valence-corrected chi connectivity index (χ2v) is 7.40. The van der Waals surface area contributed by atoms with Crippen LogP contribution in [-0.2, 0) is 24.3 Å². The van der Waals surface area contributed by atoms with E-state index in [0.29, 0.717) is 0 Å². The highest BCUT2D eigenvalue weighted by molar-refractivity contribution is 7.89. The fourth-order valence-corrected chi connectivity index (χ4v) is 3.23. The third kappa shape index (κ3) is 5.49. The third-order valence-corrected chi connectivity index (χ3v) is 4.85. The molecule has 1 aliphatic carbocycles. The van der Waals surface area contributed by atoms with E-state index in [0.717, 1.165) is 12.8 Å². The van der Waals surface area contributed by atoms with Crippen LogP contribution in [0.2, 0.25) is 5.02 Å². The van der Waals surface area contributed by atoms with Crippen molar-refractivity contribution in [2.75, 3.05) is 6.61 Å². The minimum Gasteiger partial charge on any atom is -0.454 e. The molecule has 0 unspecified atom stereocenters. The number of rotatable bonds is 7. The quantitative estimate of drug-likeness (QED) is 0.701. The average molecular weight is 361 g/mol. The lowest BCUT2D eigenvalue weighted by Crippen LogP contribution is -2.41. The number of benzene rings is 1. The van der Waals surface area contributed by atoms with Crippen molar-refractivity contribution in [3.8, 4) is 0 Å². The van der Waals surface area contributed by atoms with Gasteiger partial charge >= 0.3 is 5.97 Å². The van der Waals surface area contributed by atoms with Gasteiger partial charge in [-0.15, -0.1) is 0 Å². The molecule has 23 heavy (non-hydrogen) atoms. The second-order valence-electron chi connectivity index (χ2n) is 5.25. The topological polar surface area (TPSA) is 102 Å². The molecule has 126 valence electrons. The van der Waals surface area contributed by atoms with E-state index in [9.17, 15) is 18.0 Å². The summed E-state index contributed by atoms with van der Waals surface area (Å²) in [6.07, 6.45) is 1.85. The molecule has 0 aromatic heterocycles. The number of nitrogens with one attached hydrogen (secondary N) is 2. The average Bonchev–Trinajstić information content (AvgIpc) is 3.28. The van der Waals surface area contributed by atoms with Crippen LogP contribution in [0.4, 0.5) is 0 Å². The predicted octanol–water partition coefficient (Wildman–Crippen LogP) is 0.829. The zero-order valence-corrected chi connectivity index (χ0v) is 14.0. The lowest BCUT2D eigenvalue weighted by Gasteiger charge is -2.14. The molecule has 1 amide bonds. The van der Waals surface area contributed by atoms with Gasteiger partial charge in [0.05, 0.1) is 4.90 Å². The molecule has 1 saturated carbocycles. The number of amides is 1. The molecule has 0 bridgehead atoms. The molecular formula is C14H17ClN2O5S. The summed E-state index contributed by atoms with van der Waals surface area (Å²) in [7, 11) is -3.91. The highest BCUT2D eigenvalue weighted by Gasteiger charge is 2.26. The smallest absolute Gasteiger partial charge is 0.324 e. The highest BCUT2D eigenvalue weighted by Crippen LogP contribution is 2.18. The molecule has 1 fully saturated rings. The van der Waals surface area contributed by atoms with Crippen molar-refractivity contribution in [1.82, 2.24) is 10.0 Å². The summed E-state index contributed by atoms with van der Waals surface area (Å²) in [4.78, 5) is 23.1. The zero-order valence-electron chi connectivity index (χ0n) is 12.4. The van der Waals surface area contributed by atoms with Crippen molar-refractivity contribution in [3.05, 3.63) is 29.3 Å². The normalized spacial score (nSPS) is 15.7. The van der Waals surface area contributed by atoms with Crippen molar-refractivity contribution in [1.29, 1.82) is 0 Å². The summed E-state index contributed by atoms with van der Waals surface area (Å²) in [6, 6.07) is 4.69. The molecule has 1 aliphatic rings. The summed E-state index contributed by atoms with van der Waals surface area (Å²) >= 11 is 5.75. The predicted molar refractivity (Wildman–Crippen MR) is 83.4 cm³/mol. The van der Waals surface area contributed by atoms with E-state index in [4.69, 9.17) is 16.3 Å². The summed E-state index contributed by atoms with van der Waals surface area (Å²) in [5.41, 5.74) is 0. The molecule has 1 aromatic rings. The summed E-state index contributed by atoms with van der Waals surface area (Å²) in [5, 5.41) is 2.92. The summed E-state index contributed by atoms with van der Waals surface area (Å²) < 4.78 is 31.2. The van der Waals surface area contributed by atoms with Crippen LogP contribution in [0.25, 0.3) is 0 Å². The van der Waals surface area contributed by atoms with Gasteiger partial charge in [-0.3, -0.25) is 9.59 Å². The second kappa shape index (κ2) is 7.29. The van der Waals surface area contributed by atoms with Crippen molar-refractivity contribution in [2.24, 2.45) is 0 Å². The van der Waals surface area contributed by atoms with Crippen LogP contribution < -0.4 is 10.0 Å². The largest absolute Gasteiger partial charge is 0.454 e. The Morgan fingerprint density at radius 2 is 2.09 bits per heavy atom. The van der Waals surface area contributed by atoms with Crippen LogP contribution in [0.3, 0.4) is 0 Å². The summed E-state index contributed by atoms with van der Waals surface area (Å²) in [6.45, 7) is 0.905. The van der Waals surface area contributed by atoms with Gasteiger partial charge in [-0.05, 0) is 38.0 Å². The Morgan fingerprint density at radius 3 is 2.70 bits per heavy atom. The van der Waals surface area contributed by atoms with Gasteiger partial charge in [0.2, 0.25) is 10.0 Å². The number of halogens is 1. The van der Waals surface area contributed by atoms with E-state index >= 15 is 0 Å². The van der Waals surface area contributed by atoms with Gasteiger partial charge in [0.15, 0.2) is 6.61 Å². The van der Waals surface area contributed by atoms with Crippen LogP contribution in [0, 0.1) is 0 Å². The minimum atomic E-state index is -3.91. The molecule has 1 atom stereocenters. The number of ether oxygens (including phenoxy) is 1. The van der Waals surface area contributed by atoms with Crippen molar-refractivity contribution in [3.63, 3.8) is 0 Å². The molecule has 9 heteroatoms. The maximum atomic E-state index is 12.1. The van der Waals surface area contributed by atoms with Gasteiger partial charge in [0.25, 0.3) is 5.91 Å². The Hall–Kier alpha value is -1.64. The van der Waals surface area contributed by atoms with E-state index in [1.807, 2.05) is 0 Å². The van der Waals surface area contributed by atoms with Crippen LogP contribution >= 0.6 is 11.6 Å². The lowest BCUT2D eigenvalue weighted by molar-refractivity contribution is -0.149. The van der Waals surface area contributed by atoms with Crippen LogP contribution in [0.5, 0.6) is 0 Å². The fourth-order valence-electron chi connectivity index (χ4n) is 1.74. The SMILES string of the molecule is C[C@H](NS(=O)(=O)c1cccc(Cl)c1)C(=O)OCC(=O)NC1CC1. The Morgan fingerprint density at radius 1 is 1.39 bits per heavy atom. The molecule has 0 heterocycles. The third-order valence-electron chi connectivity index (χ3n) is 3.08. The van der Waals surface area contributed by atoms with Crippen LogP contribution in [0.15, 0.2) is 29.2 Å². The standard InChI is InChI=1S/C14H17ClN2O5S/c1-9(14(19)22-8-13(18)16-11-5-6-11)17-23(20,21)12-4-2-3-10(15)7-12/h2-4,7,9,11,17H,5-6,8H2,1H3,(H,16,18)/t9-/m0/s1. The van der Waals surface area contributed by atoms with E-state index in [1.54, 1.807) is 0 Å². The number of carbonyl (C=O) groups is 2. The molecule has 2 rings (SSSR count). The molecule has 7 nitrogen and oxygen atoms in total. The maximum Gasteiger partial charge on any atom is 0.324 e. The first-order chi connectivity index (χ1) is 10.8. The number of esters is 1. The van der Waals surface area contributed by atoms with E-state index in [2.05, 4.69) is 10.0 Å². The Labute approximate surface area is 139 Å². The van der Waals surface area contributed by atoms with E-state index in [-0.39, 0.29) is 16.0 Å². The van der Waals surface area contributed by atoms with Gasteiger partial charge in [-0.2, -0.15) is 4.72 Å². The molecule has 0 radical (unpaired) electrons. The highest BCUT2D eigenvalue weighted by atomic mass is 35.5. The number of hydrogen-bond acceptors (Lipinski definition) is 5. The maximum absolute atomic E-state index is 12.1. The van der Waals surface area contributed by atoms with Crippen molar-refractivity contribution < 1.29 is 22.7 Å². The number of hydrogen-bond donors (Lipinski definition) is 2.